The van der Waals surface area contributed by atoms with Gasteiger partial charge in [0.15, 0.2) is 0 Å². The van der Waals surface area contributed by atoms with Gasteiger partial charge in [-0.3, -0.25) is 0 Å². The predicted molar refractivity (Wildman–Crippen MR) is 79.6 cm³/mol. The minimum absolute atomic E-state index is 0.570. The van der Waals surface area contributed by atoms with Gasteiger partial charge < -0.3 is 10.2 Å². The Morgan fingerprint density at radius 2 is 2.28 bits per heavy atom. The molecule has 2 nitrogen and oxygen atoms in total. The smallest absolute Gasteiger partial charge is 0.0642 e. The Labute approximate surface area is 115 Å². The molecule has 2 atom stereocenters. The van der Waals surface area contributed by atoms with Crippen molar-refractivity contribution in [3.63, 3.8) is 0 Å². The van der Waals surface area contributed by atoms with E-state index in [2.05, 4.69) is 49.2 Å². The number of nitrogens with zero attached hydrogens (tertiary/aromatic N) is 1. The summed E-state index contributed by atoms with van der Waals surface area (Å²) in [6.45, 7) is 9.78. The maximum absolute atomic E-state index is 6.36. The van der Waals surface area contributed by atoms with Gasteiger partial charge in [0.2, 0.25) is 0 Å². The fourth-order valence-electron chi connectivity index (χ4n) is 2.53. The number of rotatable bonds is 3. The highest BCUT2D eigenvalue weighted by Gasteiger charge is 2.24. The third kappa shape index (κ3) is 2.99. The Morgan fingerprint density at radius 3 is 2.94 bits per heavy atom. The second kappa shape index (κ2) is 5.94. The van der Waals surface area contributed by atoms with E-state index in [1.807, 2.05) is 0 Å². The van der Waals surface area contributed by atoms with Crippen molar-refractivity contribution in [3.8, 4) is 0 Å². The Kier molecular flexibility index (Phi) is 4.52. The quantitative estimate of drug-likeness (QED) is 0.901. The molecule has 18 heavy (non-hydrogen) atoms. The van der Waals surface area contributed by atoms with E-state index in [0.717, 1.165) is 24.7 Å². The molecule has 1 fully saturated rings. The molecule has 0 aliphatic carbocycles. The molecular formula is C15H23ClN2. The van der Waals surface area contributed by atoms with Crippen LogP contribution in [0.4, 0.5) is 5.69 Å². The summed E-state index contributed by atoms with van der Waals surface area (Å²) < 4.78 is 0. The first-order valence-electron chi connectivity index (χ1n) is 6.86. The lowest BCUT2D eigenvalue weighted by Gasteiger charge is -2.38. The van der Waals surface area contributed by atoms with E-state index in [9.17, 15) is 0 Å². The molecule has 1 aliphatic heterocycles. The number of benzene rings is 1. The highest BCUT2D eigenvalue weighted by atomic mass is 35.5. The fourth-order valence-corrected chi connectivity index (χ4v) is 2.89. The molecule has 2 unspecified atom stereocenters. The van der Waals surface area contributed by atoms with E-state index in [1.54, 1.807) is 0 Å². The Balaban J connectivity index is 2.13. The van der Waals surface area contributed by atoms with Crippen LogP contribution in [-0.4, -0.2) is 25.7 Å². The zero-order chi connectivity index (χ0) is 13.1. The van der Waals surface area contributed by atoms with Crippen LogP contribution in [0.15, 0.2) is 18.2 Å². The molecule has 1 aromatic carbocycles. The molecule has 0 saturated carbocycles. The Hall–Kier alpha value is -0.730. The lowest BCUT2D eigenvalue weighted by atomic mass is 9.97. The molecule has 1 aromatic rings. The van der Waals surface area contributed by atoms with E-state index in [4.69, 9.17) is 11.6 Å². The van der Waals surface area contributed by atoms with Crippen LogP contribution >= 0.6 is 11.6 Å². The molecule has 0 radical (unpaired) electrons. The lowest BCUT2D eigenvalue weighted by Crippen LogP contribution is -2.53. The van der Waals surface area contributed by atoms with Crippen molar-refractivity contribution in [2.24, 2.45) is 5.92 Å². The first-order valence-corrected chi connectivity index (χ1v) is 7.24. The summed E-state index contributed by atoms with van der Waals surface area (Å²) in [7, 11) is 0. The molecule has 100 valence electrons. The molecule has 0 amide bonds. The standard InChI is InChI=1S/C15H23ClN2/c1-4-12(3)14-10-18(8-7-17-14)15-6-5-11(2)9-13(15)16/h5-6,9,12,14,17H,4,7-8,10H2,1-3H3. The van der Waals surface area contributed by atoms with Crippen LogP contribution in [0.5, 0.6) is 0 Å². The number of aryl methyl sites for hydroxylation is 1. The Morgan fingerprint density at radius 1 is 1.50 bits per heavy atom. The van der Waals surface area contributed by atoms with Gasteiger partial charge in [0.25, 0.3) is 0 Å². The van der Waals surface area contributed by atoms with Gasteiger partial charge in [0, 0.05) is 25.7 Å². The summed E-state index contributed by atoms with van der Waals surface area (Å²) in [6.07, 6.45) is 1.22. The molecular weight excluding hydrogens is 244 g/mol. The third-order valence-electron chi connectivity index (χ3n) is 3.98. The number of piperazine rings is 1. The SMILES string of the molecule is CCC(C)C1CN(c2ccc(C)cc2Cl)CCN1. The van der Waals surface area contributed by atoms with Gasteiger partial charge in [0.05, 0.1) is 10.7 Å². The van der Waals surface area contributed by atoms with Crippen molar-refractivity contribution in [3.05, 3.63) is 28.8 Å². The topological polar surface area (TPSA) is 15.3 Å². The van der Waals surface area contributed by atoms with E-state index in [-0.39, 0.29) is 0 Å². The zero-order valence-electron chi connectivity index (χ0n) is 11.5. The van der Waals surface area contributed by atoms with Crippen molar-refractivity contribution >= 4 is 17.3 Å². The molecule has 1 heterocycles. The van der Waals surface area contributed by atoms with Gasteiger partial charge in [-0.25, -0.2) is 0 Å². The summed E-state index contributed by atoms with van der Waals surface area (Å²) in [5, 5.41) is 4.49. The van der Waals surface area contributed by atoms with Gasteiger partial charge in [-0.15, -0.1) is 0 Å². The van der Waals surface area contributed by atoms with Crippen LogP contribution in [0.2, 0.25) is 5.02 Å². The van der Waals surface area contributed by atoms with Crippen LogP contribution in [0.25, 0.3) is 0 Å². The van der Waals surface area contributed by atoms with Gasteiger partial charge in [0.1, 0.15) is 0 Å². The predicted octanol–water partition coefficient (Wildman–Crippen LogP) is 3.47. The summed E-state index contributed by atoms with van der Waals surface area (Å²) in [5.41, 5.74) is 2.40. The lowest BCUT2D eigenvalue weighted by molar-refractivity contribution is 0.342. The number of hydrogen-bond acceptors (Lipinski definition) is 2. The first kappa shape index (κ1) is 13.7. The fraction of sp³-hybridized carbons (Fsp3) is 0.600. The summed E-state index contributed by atoms with van der Waals surface area (Å²) >= 11 is 6.36. The van der Waals surface area contributed by atoms with Crippen molar-refractivity contribution in [1.29, 1.82) is 0 Å². The summed E-state index contributed by atoms with van der Waals surface area (Å²) in [4.78, 5) is 2.41. The molecule has 0 aromatic heterocycles. The summed E-state index contributed by atoms with van der Waals surface area (Å²) in [5.74, 6) is 0.706. The molecule has 1 saturated heterocycles. The van der Waals surface area contributed by atoms with Crippen LogP contribution in [0.3, 0.4) is 0 Å². The van der Waals surface area contributed by atoms with Crippen molar-refractivity contribution in [2.45, 2.75) is 33.2 Å². The van der Waals surface area contributed by atoms with Crippen molar-refractivity contribution < 1.29 is 0 Å². The monoisotopic (exact) mass is 266 g/mol. The first-order chi connectivity index (χ1) is 8.61. The number of halogens is 1. The molecule has 1 N–H and O–H groups in total. The zero-order valence-corrected chi connectivity index (χ0v) is 12.3. The van der Waals surface area contributed by atoms with Crippen LogP contribution in [0, 0.1) is 12.8 Å². The number of anilines is 1. The van der Waals surface area contributed by atoms with Crippen molar-refractivity contribution in [2.75, 3.05) is 24.5 Å². The Bertz CT molecular complexity index is 405. The van der Waals surface area contributed by atoms with E-state index in [0.29, 0.717) is 12.0 Å². The average Bonchev–Trinajstić information content (AvgIpc) is 2.38. The van der Waals surface area contributed by atoms with E-state index < -0.39 is 0 Å². The largest absolute Gasteiger partial charge is 0.367 e. The van der Waals surface area contributed by atoms with Gasteiger partial charge in [-0.05, 0) is 30.5 Å². The normalized spacial score (nSPS) is 22.0. The number of nitrogens with one attached hydrogen (secondary N) is 1. The molecule has 3 heteroatoms. The van der Waals surface area contributed by atoms with E-state index >= 15 is 0 Å². The average molecular weight is 267 g/mol. The van der Waals surface area contributed by atoms with Crippen LogP contribution in [0.1, 0.15) is 25.8 Å². The van der Waals surface area contributed by atoms with Gasteiger partial charge in [-0.2, -0.15) is 0 Å². The minimum Gasteiger partial charge on any atom is -0.367 e. The molecule has 2 rings (SSSR count). The maximum Gasteiger partial charge on any atom is 0.0642 e. The highest BCUT2D eigenvalue weighted by Crippen LogP contribution is 2.28. The molecule has 1 aliphatic rings. The van der Waals surface area contributed by atoms with Crippen molar-refractivity contribution in [1.82, 2.24) is 5.32 Å². The molecule has 0 spiro atoms. The minimum atomic E-state index is 0.570. The summed E-state index contributed by atoms with van der Waals surface area (Å²) in [6, 6.07) is 6.91. The van der Waals surface area contributed by atoms with Gasteiger partial charge in [-0.1, -0.05) is 37.9 Å². The third-order valence-corrected chi connectivity index (χ3v) is 4.28. The number of hydrogen-bond donors (Lipinski definition) is 1. The maximum atomic E-state index is 6.36. The second-order valence-corrected chi connectivity index (χ2v) is 5.75. The second-order valence-electron chi connectivity index (χ2n) is 5.35. The molecule has 0 bridgehead atoms. The van der Waals surface area contributed by atoms with Crippen LogP contribution in [-0.2, 0) is 0 Å². The van der Waals surface area contributed by atoms with Crippen LogP contribution < -0.4 is 10.2 Å². The highest BCUT2D eigenvalue weighted by molar-refractivity contribution is 6.33. The van der Waals surface area contributed by atoms with Gasteiger partial charge >= 0.3 is 0 Å². The van der Waals surface area contributed by atoms with E-state index in [1.165, 1.54) is 17.7 Å².